The number of pyridine rings is 1. The van der Waals surface area contributed by atoms with Gasteiger partial charge in [0, 0.05) is 6.20 Å². The van der Waals surface area contributed by atoms with E-state index >= 15 is 0 Å². The number of hydrogen-bond acceptors (Lipinski definition) is 6. The highest BCUT2D eigenvalue weighted by Gasteiger charge is 2.11. The summed E-state index contributed by atoms with van der Waals surface area (Å²) in [5.74, 6) is -1.67. The van der Waals surface area contributed by atoms with Crippen molar-refractivity contribution >= 4 is 11.9 Å². The van der Waals surface area contributed by atoms with E-state index in [1.54, 1.807) is 0 Å². The lowest BCUT2D eigenvalue weighted by molar-refractivity contribution is 0.0696. The molecule has 2 rings (SSSR count). The van der Waals surface area contributed by atoms with Crippen molar-refractivity contribution in [2.24, 2.45) is 0 Å². The van der Waals surface area contributed by atoms with Crippen LogP contribution in [0.15, 0.2) is 18.3 Å². The molecule has 0 saturated heterocycles. The molecular weight excluding hydrogens is 240 g/mol. The van der Waals surface area contributed by atoms with Gasteiger partial charge in [-0.05, 0) is 17.3 Å². The number of aromatic amines is 1. The maximum absolute atomic E-state index is 11.5. The van der Waals surface area contributed by atoms with Crippen LogP contribution in [0.4, 0.5) is 0 Å². The van der Waals surface area contributed by atoms with Crippen LogP contribution in [-0.2, 0) is 6.54 Å². The van der Waals surface area contributed by atoms with Gasteiger partial charge in [-0.3, -0.25) is 9.78 Å². The highest BCUT2D eigenvalue weighted by molar-refractivity contribution is 5.90. The Bertz CT molecular complexity index is 567. The largest absolute Gasteiger partial charge is 0.478 e. The van der Waals surface area contributed by atoms with Crippen LogP contribution in [0.25, 0.3) is 0 Å². The minimum absolute atomic E-state index is 0.0779. The van der Waals surface area contributed by atoms with Gasteiger partial charge in [-0.15, -0.1) is 10.2 Å². The molecule has 0 aliphatic heterocycles. The van der Waals surface area contributed by atoms with Crippen molar-refractivity contribution in [1.82, 2.24) is 30.9 Å². The van der Waals surface area contributed by atoms with Crippen molar-refractivity contribution < 1.29 is 14.7 Å². The van der Waals surface area contributed by atoms with E-state index in [1.807, 2.05) is 0 Å². The molecule has 0 aliphatic carbocycles. The molecule has 9 nitrogen and oxygen atoms in total. The Kier molecular flexibility index (Phi) is 3.23. The number of nitrogens with one attached hydrogen (secondary N) is 2. The monoisotopic (exact) mass is 248 g/mol. The molecule has 0 aromatic carbocycles. The maximum Gasteiger partial charge on any atom is 0.335 e. The highest BCUT2D eigenvalue weighted by Crippen LogP contribution is 2.01. The van der Waals surface area contributed by atoms with Gasteiger partial charge < -0.3 is 10.4 Å². The van der Waals surface area contributed by atoms with Crippen LogP contribution in [0.3, 0.4) is 0 Å². The van der Waals surface area contributed by atoms with Crippen molar-refractivity contribution in [3.63, 3.8) is 0 Å². The molecule has 9 heteroatoms. The van der Waals surface area contributed by atoms with Crippen molar-refractivity contribution in [2.45, 2.75) is 6.54 Å². The fourth-order valence-corrected chi connectivity index (χ4v) is 1.22. The van der Waals surface area contributed by atoms with E-state index in [4.69, 9.17) is 5.11 Å². The number of H-pyrrole nitrogens is 1. The second kappa shape index (κ2) is 4.99. The van der Waals surface area contributed by atoms with Crippen molar-refractivity contribution in [3.05, 3.63) is 35.4 Å². The molecule has 1 amide bonds. The van der Waals surface area contributed by atoms with E-state index in [-0.39, 0.29) is 17.9 Å². The standard InChI is InChI=1S/C9H8N6O3/c16-8(7-12-14-15-13-7)11-4-6-3-5(9(17)18)1-2-10-6/h1-3H,4H2,(H,11,16)(H,17,18)(H,12,13,14,15). The summed E-state index contributed by atoms with van der Waals surface area (Å²) >= 11 is 0. The lowest BCUT2D eigenvalue weighted by Crippen LogP contribution is -2.24. The predicted molar refractivity (Wildman–Crippen MR) is 56.5 cm³/mol. The second-order valence-electron chi connectivity index (χ2n) is 3.26. The van der Waals surface area contributed by atoms with E-state index in [9.17, 15) is 9.59 Å². The van der Waals surface area contributed by atoms with E-state index in [1.165, 1.54) is 18.3 Å². The van der Waals surface area contributed by atoms with Crippen LogP contribution in [0.1, 0.15) is 26.7 Å². The molecule has 0 spiro atoms. The molecular formula is C9H8N6O3. The molecule has 0 radical (unpaired) electrons. The van der Waals surface area contributed by atoms with E-state index in [2.05, 4.69) is 30.9 Å². The van der Waals surface area contributed by atoms with Crippen LogP contribution in [0, 0.1) is 0 Å². The number of aromatic nitrogens is 5. The number of carboxylic acids is 1. The molecule has 0 bridgehead atoms. The van der Waals surface area contributed by atoms with Gasteiger partial charge in [0.25, 0.3) is 11.7 Å². The molecule has 0 unspecified atom stereocenters. The summed E-state index contributed by atoms with van der Waals surface area (Å²) in [5, 5.41) is 23.7. The fraction of sp³-hybridized carbons (Fsp3) is 0.111. The first kappa shape index (κ1) is 11.6. The molecule has 2 aromatic rings. The number of tetrazole rings is 1. The first-order valence-electron chi connectivity index (χ1n) is 4.86. The Balaban J connectivity index is 2.00. The van der Waals surface area contributed by atoms with E-state index in [0.29, 0.717) is 5.69 Å². The first-order chi connectivity index (χ1) is 8.66. The van der Waals surface area contributed by atoms with Gasteiger partial charge in [-0.1, -0.05) is 0 Å². The zero-order chi connectivity index (χ0) is 13.0. The van der Waals surface area contributed by atoms with Crippen LogP contribution in [0.5, 0.6) is 0 Å². The third-order valence-corrected chi connectivity index (χ3v) is 2.04. The average Bonchev–Trinajstić information content (AvgIpc) is 2.90. The Morgan fingerprint density at radius 1 is 1.44 bits per heavy atom. The Morgan fingerprint density at radius 3 is 2.94 bits per heavy atom. The Morgan fingerprint density at radius 2 is 2.28 bits per heavy atom. The lowest BCUT2D eigenvalue weighted by atomic mass is 10.2. The number of carboxylic acid groups (broad SMARTS) is 1. The van der Waals surface area contributed by atoms with Gasteiger partial charge in [0.05, 0.1) is 17.8 Å². The second-order valence-corrected chi connectivity index (χ2v) is 3.26. The number of hydrogen-bond donors (Lipinski definition) is 3. The molecule has 2 aromatic heterocycles. The summed E-state index contributed by atoms with van der Waals surface area (Å²) in [6.45, 7) is 0.0779. The number of carbonyl (C=O) groups excluding carboxylic acids is 1. The minimum atomic E-state index is -1.05. The van der Waals surface area contributed by atoms with E-state index in [0.717, 1.165) is 0 Å². The molecule has 0 aliphatic rings. The molecule has 2 heterocycles. The van der Waals surface area contributed by atoms with Crippen molar-refractivity contribution in [1.29, 1.82) is 0 Å². The van der Waals surface area contributed by atoms with E-state index < -0.39 is 11.9 Å². The summed E-state index contributed by atoms with van der Waals surface area (Å²) in [6.07, 6.45) is 1.36. The van der Waals surface area contributed by atoms with Gasteiger partial charge in [0.15, 0.2) is 0 Å². The number of nitrogens with zero attached hydrogens (tertiary/aromatic N) is 4. The highest BCUT2D eigenvalue weighted by atomic mass is 16.4. The number of amides is 1. The zero-order valence-electron chi connectivity index (χ0n) is 8.99. The maximum atomic E-state index is 11.5. The Hall–Kier alpha value is -2.84. The number of rotatable bonds is 4. The zero-order valence-corrected chi connectivity index (χ0v) is 8.99. The molecule has 92 valence electrons. The predicted octanol–water partition coefficient (Wildman–Crippen LogP) is -0.777. The first-order valence-corrected chi connectivity index (χ1v) is 4.86. The Labute approximate surface area is 100 Å². The van der Waals surface area contributed by atoms with Crippen molar-refractivity contribution in [3.8, 4) is 0 Å². The van der Waals surface area contributed by atoms with Gasteiger partial charge >= 0.3 is 5.97 Å². The van der Waals surface area contributed by atoms with Gasteiger partial charge in [-0.2, -0.15) is 5.21 Å². The molecule has 0 saturated carbocycles. The summed E-state index contributed by atoms with van der Waals surface area (Å²) in [5.41, 5.74) is 0.528. The van der Waals surface area contributed by atoms with Gasteiger partial charge in [-0.25, -0.2) is 4.79 Å². The smallest absolute Gasteiger partial charge is 0.335 e. The van der Waals surface area contributed by atoms with Crippen molar-refractivity contribution in [2.75, 3.05) is 0 Å². The SMILES string of the molecule is O=C(O)c1ccnc(CNC(=O)c2nn[nH]n2)c1. The summed E-state index contributed by atoms with van der Waals surface area (Å²) in [6, 6.07) is 2.74. The van der Waals surface area contributed by atoms with Gasteiger partial charge in [0.1, 0.15) is 0 Å². The van der Waals surface area contributed by atoms with Crippen LogP contribution in [0.2, 0.25) is 0 Å². The minimum Gasteiger partial charge on any atom is -0.478 e. The third-order valence-electron chi connectivity index (χ3n) is 2.04. The summed E-state index contributed by atoms with van der Waals surface area (Å²) in [7, 11) is 0. The quantitative estimate of drug-likeness (QED) is 0.646. The number of aromatic carboxylic acids is 1. The molecule has 18 heavy (non-hydrogen) atoms. The van der Waals surface area contributed by atoms with Crippen LogP contribution in [-0.4, -0.2) is 42.6 Å². The fourth-order valence-electron chi connectivity index (χ4n) is 1.22. The summed E-state index contributed by atoms with van der Waals surface area (Å²) < 4.78 is 0. The molecule has 0 atom stereocenters. The number of carbonyl (C=O) groups is 2. The summed E-state index contributed by atoms with van der Waals surface area (Å²) in [4.78, 5) is 26.1. The van der Waals surface area contributed by atoms with Gasteiger partial charge in [0.2, 0.25) is 0 Å². The molecule has 0 fully saturated rings. The normalized spacial score (nSPS) is 10.0. The van der Waals surface area contributed by atoms with Crippen LogP contribution < -0.4 is 5.32 Å². The topological polar surface area (TPSA) is 134 Å². The third kappa shape index (κ3) is 2.64. The van der Waals surface area contributed by atoms with Crippen LogP contribution >= 0.6 is 0 Å². The average molecular weight is 248 g/mol. The molecule has 3 N–H and O–H groups in total. The lowest BCUT2D eigenvalue weighted by Gasteiger charge is -2.02.